The van der Waals surface area contributed by atoms with Gasteiger partial charge in [-0.1, -0.05) is 19.1 Å². The Morgan fingerprint density at radius 1 is 1.09 bits per heavy atom. The first kappa shape index (κ1) is 23.8. The molecule has 3 aromatic rings. The zero-order valence-electron chi connectivity index (χ0n) is 18.0. The molecular formula is C22H26FN4O4P. The molecule has 0 saturated carbocycles. The van der Waals surface area contributed by atoms with E-state index in [4.69, 9.17) is 9.05 Å². The van der Waals surface area contributed by atoms with E-state index in [0.29, 0.717) is 30.7 Å². The molecule has 0 aliphatic heterocycles. The van der Waals surface area contributed by atoms with E-state index in [-0.39, 0.29) is 24.8 Å². The fraction of sp³-hybridized carbons (Fsp3) is 0.318. The summed E-state index contributed by atoms with van der Waals surface area (Å²) >= 11 is 0. The Hall–Kier alpha value is -2.87. The summed E-state index contributed by atoms with van der Waals surface area (Å²) in [5.74, 6) is 0.109. The van der Waals surface area contributed by atoms with E-state index in [1.165, 1.54) is 18.5 Å². The lowest BCUT2D eigenvalue weighted by Crippen LogP contribution is -2.13. The fourth-order valence-electron chi connectivity index (χ4n) is 2.97. The van der Waals surface area contributed by atoms with Crippen LogP contribution in [0.3, 0.4) is 0 Å². The number of hydrogen-bond acceptors (Lipinski definition) is 6. The average molecular weight is 460 g/mol. The lowest BCUT2D eigenvalue weighted by molar-refractivity contribution is -0.116. The first-order valence-corrected chi connectivity index (χ1v) is 12.1. The van der Waals surface area contributed by atoms with E-state index in [9.17, 15) is 13.8 Å². The normalized spacial score (nSPS) is 13.0. The highest BCUT2D eigenvalue weighted by atomic mass is 31.2. The van der Waals surface area contributed by atoms with Crippen molar-refractivity contribution in [2.24, 2.45) is 0 Å². The van der Waals surface area contributed by atoms with Crippen molar-refractivity contribution >= 4 is 19.2 Å². The fourth-order valence-corrected chi connectivity index (χ4v) is 4.15. The van der Waals surface area contributed by atoms with Gasteiger partial charge in [0, 0.05) is 30.4 Å². The van der Waals surface area contributed by atoms with Crippen LogP contribution in [0.2, 0.25) is 0 Å². The predicted molar refractivity (Wildman–Crippen MR) is 119 cm³/mol. The van der Waals surface area contributed by atoms with E-state index in [2.05, 4.69) is 15.5 Å². The molecule has 1 heterocycles. The van der Waals surface area contributed by atoms with Crippen molar-refractivity contribution in [3.8, 4) is 5.69 Å². The Labute approximate surface area is 186 Å². The third kappa shape index (κ3) is 6.56. The van der Waals surface area contributed by atoms with Crippen LogP contribution in [0, 0.1) is 5.82 Å². The molecule has 0 bridgehead atoms. The Bertz CT molecular complexity index is 1070. The van der Waals surface area contributed by atoms with Gasteiger partial charge < -0.3 is 14.4 Å². The summed E-state index contributed by atoms with van der Waals surface area (Å²) in [6, 6.07) is 13.1. The summed E-state index contributed by atoms with van der Waals surface area (Å²) in [4.78, 5) is 12.4. The highest BCUT2D eigenvalue weighted by Crippen LogP contribution is 2.48. The SMILES string of the molecule is CCOP(=O)(CC)OCc1ccc(NC(=O)CCc2nncn2-c2ccc(F)cc2)cc1. The first-order valence-electron chi connectivity index (χ1n) is 10.3. The molecule has 1 unspecified atom stereocenters. The van der Waals surface area contributed by atoms with Crippen molar-refractivity contribution in [3.63, 3.8) is 0 Å². The molecular weight excluding hydrogens is 434 g/mol. The number of benzene rings is 2. The van der Waals surface area contributed by atoms with Gasteiger partial charge in [-0.25, -0.2) is 4.39 Å². The van der Waals surface area contributed by atoms with Gasteiger partial charge in [0.15, 0.2) is 0 Å². The van der Waals surface area contributed by atoms with Crippen molar-refractivity contribution in [2.75, 3.05) is 18.1 Å². The van der Waals surface area contributed by atoms with Crippen LogP contribution in [0.5, 0.6) is 0 Å². The van der Waals surface area contributed by atoms with Gasteiger partial charge in [0.1, 0.15) is 18.0 Å². The maximum absolute atomic E-state index is 13.1. The summed E-state index contributed by atoms with van der Waals surface area (Å²) in [6.07, 6.45) is 2.42. The van der Waals surface area contributed by atoms with Crippen molar-refractivity contribution < 1.29 is 22.8 Å². The van der Waals surface area contributed by atoms with Gasteiger partial charge in [-0.15, -0.1) is 10.2 Å². The second-order valence-electron chi connectivity index (χ2n) is 6.96. The lowest BCUT2D eigenvalue weighted by atomic mass is 10.2. The molecule has 0 radical (unpaired) electrons. The second-order valence-corrected chi connectivity index (χ2v) is 9.33. The Morgan fingerprint density at radius 2 is 1.81 bits per heavy atom. The maximum Gasteiger partial charge on any atom is 0.330 e. The average Bonchev–Trinajstić information content (AvgIpc) is 3.27. The lowest BCUT2D eigenvalue weighted by Gasteiger charge is -2.16. The van der Waals surface area contributed by atoms with Crippen LogP contribution in [0.4, 0.5) is 10.1 Å². The minimum atomic E-state index is -3.06. The summed E-state index contributed by atoms with van der Waals surface area (Å²) < 4.78 is 37.9. The molecule has 8 nitrogen and oxygen atoms in total. The largest absolute Gasteiger partial charge is 0.330 e. The van der Waals surface area contributed by atoms with Crippen molar-refractivity contribution in [3.05, 3.63) is 72.1 Å². The van der Waals surface area contributed by atoms with Crippen LogP contribution < -0.4 is 5.32 Å². The highest BCUT2D eigenvalue weighted by molar-refractivity contribution is 7.53. The van der Waals surface area contributed by atoms with E-state index in [0.717, 1.165) is 11.3 Å². The van der Waals surface area contributed by atoms with Crippen molar-refractivity contribution in [2.45, 2.75) is 33.3 Å². The van der Waals surface area contributed by atoms with Gasteiger partial charge in [0.2, 0.25) is 5.91 Å². The van der Waals surface area contributed by atoms with Crippen LogP contribution in [0.15, 0.2) is 54.9 Å². The van der Waals surface area contributed by atoms with Crippen LogP contribution in [-0.2, 0) is 31.4 Å². The van der Waals surface area contributed by atoms with Gasteiger partial charge in [-0.05, 0) is 48.9 Å². The second kappa shape index (κ2) is 11.1. The van der Waals surface area contributed by atoms with E-state index >= 15 is 0 Å². The molecule has 1 aromatic heterocycles. The van der Waals surface area contributed by atoms with Crippen LogP contribution in [0.1, 0.15) is 31.7 Å². The standard InChI is InChI=1S/C22H26FN4O4P/c1-3-30-32(29,4-2)31-15-17-5-9-19(10-6-17)25-22(28)14-13-21-26-24-16-27(21)20-11-7-18(23)8-12-20/h5-12,16H,3-4,13-15H2,1-2H3,(H,25,28). The Kier molecular flexibility index (Phi) is 8.27. The third-order valence-electron chi connectivity index (χ3n) is 4.68. The van der Waals surface area contributed by atoms with E-state index in [1.807, 2.05) is 0 Å². The molecule has 0 aliphatic carbocycles. The van der Waals surface area contributed by atoms with Gasteiger partial charge in [-0.3, -0.25) is 13.9 Å². The molecule has 1 N–H and O–H groups in total. The van der Waals surface area contributed by atoms with Crippen molar-refractivity contribution in [1.29, 1.82) is 0 Å². The third-order valence-corrected chi connectivity index (χ3v) is 6.63. The molecule has 0 fully saturated rings. The number of aryl methyl sites for hydroxylation is 1. The number of anilines is 1. The quantitative estimate of drug-likeness (QED) is 0.415. The predicted octanol–water partition coefficient (Wildman–Crippen LogP) is 4.74. The Morgan fingerprint density at radius 3 is 2.47 bits per heavy atom. The molecule has 32 heavy (non-hydrogen) atoms. The molecule has 1 atom stereocenters. The molecule has 0 saturated heterocycles. The molecule has 170 valence electrons. The minimum Gasteiger partial charge on any atom is -0.326 e. The molecule has 0 spiro atoms. The number of carbonyl (C=O) groups excluding carboxylic acids is 1. The zero-order valence-corrected chi connectivity index (χ0v) is 18.9. The molecule has 1 amide bonds. The summed E-state index contributed by atoms with van der Waals surface area (Å²) in [7, 11) is -3.06. The summed E-state index contributed by atoms with van der Waals surface area (Å²) in [5, 5.41) is 10.8. The molecule has 10 heteroatoms. The summed E-state index contributed by atoms with van der Waals surface area (Å²) in [6.45, 7) is 4.03. The van der Waals surface area contributed by atoms with Gasteiger partial charge in [-0.2, -0.15) is 0 Å². The monoisotopic (exact) mass is 460 g/mol. The zero-order chi connectivity index (χ0) is 23.0. The van der Waals surface area contributed by atoms with Gasteiger partial charge in [0.05, 0.1) is 13.2 Å². The molecule has 2 aromatic carbocycles. The Balaban J connectivity index is 1.51. The topological polar surface area (TPSA) is 95.3 Å². The van der Waals surface area contributed by atoms with Gasteiger partial charge >= 0.3 is 7.60 Å². The number of hydrogen-bond donors (Lipinski definition) is 1. The number of amides is 1. The number of halogens is 1. The van der Waals surface area contributed by atoms with Crippen LogP contribution >= 0.6 is 7.60 Å². The van der Waals surface area contributed by atoms with Crippen LogP contribution in [-0.4, -0.2) is 33.4 Å². The van der Waals surface area contributed by atoms with E-state index < -0.39 is 7.60 Å². The number of aromatic nitrogens is 3. The molecule has 0 aliphatic rings. The van der Waals surface area contributed by atoms with Gasteiger partial charge in [0.25, 0.3) is 0 Å². The smallest absolute Gasteiger partial charge is 0.326 e. The number of rotatable bonds is 11. The number of nitrogens with one attached hydrogen (secondary N) is 1. The van der Waals surface area contributed by atoms with E-state index in [1.54, 1.807) is 54.8 Å². The van der Waals surface area contributed by atoms with Crippen LogP contribution in [0.25, 0.3) is 5.69 Å². The van der Waals surface area contributed by atoms with Crippen molar-refractivity contribution in [1.82, 2.24) is 14.8 Å². The first-order chi connectivity index (χ1) is 15.4. The molecule has 3 rings (SSSR count). The maximum atomic E-state index is 13.1. The summed E-state index contributed by atoms with van der Waals surface area (Å²) in [5.41, 5.74) is 2.19. The number of carbonyl (C=O) groups is 1. The minimum absolute atomic E-state index is 0.165. The number of nitrogens with zero attached hydrogens (tertiary/aromatic N) is 3. The highest BCUT2D eigenvalue weighted by Gasteiger charge is 2.21.